The Kier molecular flexibility index (Phi) is 4.42. The first-order chi connectivity index (χ1) is 9.90. The quantitative estimate of drug-likeness (QED) is 0.679. The van der Waals surface area contributed by atoms with Crippen molar-refractivity contribution in [3.8, 4) is 0 Å². The molecular weight excluding hydrogens is 300 g/mol. The summed E-state index contributed by atoms with van der Waals surface area (Å²) in [5, 5.41) is 19.7. The lowest BCUT2D eigenvalue weighted by Gasteiger charge is -2.23. The van der Waals surface area contributed by atoms with Crippen LogP contribution in [0.2, 0.25) is 5.02 Å². The van der Waals surface area contributed by atoms with Crippen LogP contribution in [-0.2, 0) is 4.79 Å². The van der Waals surface area contributed by atoms with Crippen molar-refractivity contribution in [1.29, 1.82) is 0 Å². The number of nitrogens with zero attached hydrogens (tertiary/aromatic N) is 2. The van der Waals surface area contributed by atoms with Crippen LogP contribution >= 0.6 is 11.6 Å². The van der Waals surface area contributed by atoms with Gasteiger partial charge in [0.15, 0.2) is 0 Å². The van der Waals surface area contributed by atoms with E-state index < -0.39 is 16.8 Å². The Hall–Kier alpha value is -2.15. The number of nitro benzene ring substituents is 1. The largest absolute Gasteiger partial charge is 0.481 e. The molecule has 112 valence electrons. The molecule has 2 rings (SSSR count). The minimum atomic E-state index is -0.971. The van der Waals surface area contributed by atoms with Gasteiger partial charge in [-0.05, 0) is 25.0 Å². The van der Waals surface area contributed by atoms with E-state index in [-0.39, 0.29) is 28.7 Å². The molecule has 0 spiro atoms. The number of carboxylic acids is 1. The van der Waals surface area contributed by atoms with E-state index >= 15 is 0 Å². The number of carbonyl (C=O) groups excluding carboxylic acids is 1. The van der Waals surface area contributed by atoms with Crippen molar-refractivity contribution >= 4 is 29.2 Å². The van der Waals surface area contributed by atoms with E-state index in [0.717, 1.165) is 12.5 Å². The normalized spacial score (nSPS) is 17.8. The summed E-state index contributed by atoms with van der Waals surface area (Å²) in [4.78, 5) is 34.8. The van der Waals surface area contributed by atoms with Crippen LogP contribution < -0.4 is 0 Å². The summed E-state index contributed by atoms with van der Waals surface area (Å²) in [6.07, 6.45) is 1.22. The van der Waals surface area contributed by atoms with Gasteiger partial charge >= 0.3 is 5.97 Å². The van der Waals surface area contributed by atoms with Gasteiger partial charge in [-0.3, -0.25) is 19.7 Å². The van der Waals surface area contributed by atoms with Gasteiger partial charge in [0, 0.05) is 24.2 Å². The van der Waals surface area contributed by atoms with E-state index in [1.165, 1.54) is 17.0 Å². The molecule has 1 atom stereocenters. The fourth-order valence-electron chi connectivity index (χ4n) is 2.47. The monoisotopic (exact) mass is 312 g/mol. The summed E-state index contributed by atoms with van der Waals surface area (Å²) in [5.41, 5.74) is -0.195. The predicted octanol–water partition coefficient (Wildman–Crippen LogP) is 2.33. The molecule has 1 aliphatic rings. The maximum absolute atomic E-state index is 12.4. The SMILES string of the molecule is O=C(O)CC1CCCN1C(=O)c1ccc(Cl)c([N+](=O)[O-])c1. The van der Waals surface area contributed by atoms with Gasteiger partial charge in [-0.1, -0.05) is 11.6 Å². The number of hydrogen-bond acceptors (Lipinski definition) is 4. The number of likely N-dealkylation sites (tertiary alicyclic amines) is 1. The zero-order chi connectivity index (χ0) is 15.6. The average molecular weight is 313 g/mol. The summed E-state index contributed by atoms with van der Waals surface area (Å²) in [6.45, 7) is 0.452. The third-order valence-electron chi connectivity index (χ3n) is 3.44. The summed E-state index contributed by atoms with van der Waals surface area (Å²) in [6, 6.07) is 3.47. The average Bonchev–Trinajstić information content (AvgIpc) is 2.85. The van der Waals surface area contributed by atoms with Gasteiger partial charge in [-0.15, -0.1) is 0 Å². The molecule has 1 amide bonds. The minimum absolute atomic E-state index is 0.0416. The Labute approximate surface area is 125 Å². The van der Waals surface area contributed by atoms with E-state index in [0.29, 0.717) is 13.0 Å². The zero-order valence-corrected chi connectivity index (χ0v) is 11.7. The van der Waals surface area contributed by atoms with Crippen LogP contribution in [0.15, 0.2) is 18.2 Å². The number of hydrogen-bond donors (Lipinski definition) is 1. The van der Waals surface area contributed by atoms with Gasteiger partial charge in [0.2, 0.25) is 0 Å². The number of amides is 1. The second-order valence-electron chi connectivity index (χ2n) is 4.82. The topological polar surface area (TPSA) is 101 Å². The number of aliphatic carboxylic acids is 1. The van der Waals surface area contributed by atoms with Crippen molar-refractivity contribution < 1.29 is 19.6 Å². The maximum Gasteiger partial charge on any atom is 0.305 e. The molecule has 0 saturated carbocycles. The van der Waals surface area contributed by atoms with Crippen molar-refractivity contribution in [3.05, 3.63) is 38.9 Å². The van der Waals surface area contributed by atoms with Crippen LogP contribution in [0.1, 0.15) is 29.6 Å². The summed E-state index contributed by atoms with van der Waals surface area (Å²) in [7, 11) is 0. The van der Waals surface area contributed by atoms with E-state index in [1.807, 2.05) is 0 Å². The van der Waals surface area contributed by atoms with Crippen LogP contribution in [0.3, 0.4) is 0 Å². The number of carbonyl (C=O) groups is 2. The molecule has 8 heteroatoms. The predicted molar refractivity (Wildman–Crippen MR) is 74.4 cm³/mol. The molecule has 1 aromatic carbocycles. The van der Waals surface area contributed by atoms with Gasteiger partial charge in [0.25, 0.3) is 11.6 Å². The smallest absolute Gasteiger partial charge is 0.305 e. The fraction of sp³-hybridized carbons (Fsp3) is 0.385. The van der Waals surface area contributed by atoms with Crippen molar-refractivity contribution in [2.75, 3.05) is 6.54 Å². The van der Waals surface area contributed by atoms with Crippen LogP contribution in [0.4, 0.5) is 5.69 Å². The number of halogens is 1. The van der Waals surface area contributed by atoms with Crippen molar-refractivity contribution in [2.45, 2.75) is 25.3 Å². The highest BCUT2D eigenvalue weighted by molar-refractivity contribution is 6.32. The van der Waals surface area contributed by atoms with E-state index in [2.05, 4.69) is 0 Å². The van der Waals surface area contributed by atoms with Gasteiger partial charge in [-0.2, -0.15) is 0 Å². The van der Waals surface area contributed by atoms with Crippen molar-refractivity contribution in [1.82, 2.24) is 4.90 Å². The third kappa shape index (κ3) is 3.30. The fourth-order valence-corrected chi connectivity index (χ4v) is 2.65. The lowest BCUT2D eigenvalue weighted by molar-refractivity contribution is -0.384. The standard InChI is InChI=1S/C13H13ClN2O5/c14-10-4-3-8(6-11(10)16(20)21)13(19)15-5-1-2-9(15)7-12(17)18/h3-4,6,9H,1-2,5,7H2,(H,17,18). The number of benzene rings is 1. The molecule has 1 aliphatic heterocycles. The Balaban J connectivity index is 2.25. The second-order valence-corrected chi connectivity index (χ2v) is 5.22. The molecule has 0 radical (unpaired) electrons. The summed E-state index contributed by atoms with van der Waals surface area (Å²) < 4.78 is 0. The lowest BCUT2D eigenvalue weighted by Crippen LogP contribution is -2.36. The van der Waals surface area contributed by atoms with E-state index in [9.17, 15) is 19.7 Å². The molecular formula is C13H13ClN2O5. The number of nitro groups is 1. The summed E-state index contributed by atoms with van der Waals surface area (Å²) >= 11 is 5.71. The second kappa shape index (κ2) is 6.09. The highest BCUT2D eigenvalue weighted by Crippen LogP contribution is 2.28. The molecule has 21 heavy (non-hydrogen) atoms. The lowest BCUT2D eigenvalue weighted by atomic mass is 10.1. The molecule has 0 aliphatic carbocycles. The molecule has 1 fully saturated rings. The van der Waals surface area contributed by atoms with Gasteiger partial charge in [0.05, 0.1) is 11.3 Å². The van der Waals surface area contributed by atoms with Crippen LogP contribution in [0.5, 0.6) is 0 Å². The number of carboxylic acid groups (broad SMARTS) is 1. The maximum atomic E-state index is 12.4. The molecule has 7 nitrogen and oxygen atoms in total. The van der Waals surface area contributed by atoms with Crippen LogP contribution in [0.25, 0.3) is 0 Å². The molecule has 0 bridgehead atoms. The van der Waals surface area contributed by atoms with Gasteiger partial charge < -0.3 is 10.0 Å². The Morgan fingerprint density at radius 1 is 1.48 bits per heavy atom. The molecule has 1 unspecified atom stereocenters. The Morgan fingerprint density at radius 3 is 2.81 bits per heavy atom. The van der Waals surface area contributed by atoms with Gasteiger partial charge in [-0.25, -0.2) is 0 Å². The Morgan fingerprint density at radius 2 is 2.19 bits per heavy atom. The van der Waals surface area contributed by atoms with E-state index in [4.69, 9.17) is 16.7 Å². The molecule has 1 N–H and O–H groups in total. The highest BCUT2D eigenvalue weighted by atomic mass is 35.5. The highest BCUT2D eigenvalue weighted by Gasteiger charge is 2.31. The first kappa shape index (κ1) is 15.2. The Bertz CT molecular complexity index is 604. The van der Waals surface area contributed by atoms with Crippen LogP contribution in [-0.4, -0.2) is 39.4 Å². The van der Waals surface area contributed by atoms with E-state index in [1.54, 1.807) is 0 Å². The van der Waals surface area contributed by atoms with Gasteiger partial charge in [0.1, 0.15) is 5.02 Å². The first-order valence-corrected chi connectivity index (χ1v) is 6.74. The van der Waals surface area contributed by atoms with Crippen LogP contribution in [0, 0.1) is 10.1 Å². The number of rotatable bonds is 4. The minimum Gasteiger partial charge on any atom is -0.481 e. The summed E-state index contributed by atoms with van der Waals surface area (Å²) in [5.74, 6) is -1.37. The van der Waals surface area contributed by atoms with Crippen molar-refractivity contribution in [3.63, 3.8) is 0 Å². The molecule has 1 heterocycles. The molecule has 1 aromatic rings. The van der Waals surface area contributed by atoms with Crippen molar-refractivity contribution in [2.24, 2.45) is 0 Å². The third-order valence-corrected chi connectivity index (χ3v) is 3.76. The molecule has 1 saturated heterocycles. The zero-order valence-electron chi connectivity index (χ0n) is 11.0. The first-order valence-electron chi connectivity index (χ1n) is 6.37. The molecule has 0 aromatic heterocycles.